The molecule has 0 bridgehead atoms. The van der Waals surface area contributed by atoms with E-state index < -0.39 is 16.6 Å². The van der Waals surface area contributed by atoms with Gasteiger partial charge >= 0.3 is 0 Å². The number of hydrogen-bond donors (Lipinski definition) is 2. The summed E-state index contributed by atoms with van der Waals surface area (Å²) in [6, 6.07) is 15.7. The first-order chi connectivity index (χ1) is 15.2. The van der Waals surface area contributed by atoms with Gasteiger partial charge in [-0.1, -0.05) is 52.0 Å². The lowest BCUT2D eigenvalue weighted by atomic mass is 10.2. The number of nitrogens with two attached hydrogens (primary N) is 2. The zero-order chi connectivity index (χ0) is 24.9. The first-order valence-corrected chi connectivity index (χ1v) is 17.5. The molecule has 0 unspecified atom stereocenters. The number of hydrogen-bond acceptors (Lipinski definition) is 5. The molecule has 0 saturated heterocycles. The van der Waals surface area contributed by atoms with Crippen LogP contribution in [0, 0.1) is 0 Å². The zero-order valence-electron chi connectivity index (χ0n) is 21.8. The van der Waals surface area contributed by atoms with E-state index in [1.807, 2.05) is 48.5 Å². The maximum atomic E-state index is 7.08. The lowest BCUT2D eigenvalue weighted by molar-refractivity contribution is 0.0911. The number of rotatable bonds is 12. The average molecular weight is 489 g/mol. The number of benzene rings is 2. The van der Waals surface area contributed by atoms with Gasteiger partial charge in [0.25, 0.3) is 0 Å². The van der Waals surface area contributed by atoms with Crippen LogP contribution in [0.1, 0.15) is 38.8 Å². The molecule has 0 aromatic heterocycles. The topological polar surface area (TPSA) is 79.7 Å². The van der Waals surface area contributed by atoms with Gasteiger partial charge in [-0.15, -0.1) is 0 Å². The molecule has 2 rings (SSSR count). The van der Waals surface area contributed by atoms with E-state index in [0.717, 1.165) is 22.5 Å². The van der Waals surface area contributed by atoms with Crippen molar-refractivity contribution in [3.05, 3.63) is 59.7 Å². The van der Waals surface area contributed by atoms with E-state index in [0.29, 0.717) is 26.4 Å². The fraction of sp³-hybridized carbons (Fsp3) is 0.538. The van der Waals surface area contributed by atoms with Crippen molar-refractivity contribution in [2.24, 2.45) is 0 Å². The molecule has 0 aliphatic rings. The normalized spacial score (nSPS) is 13.3. The fourth-order valence-electron chi connectivity index (χ4n) is 3.34. The van der Waals surface area contributed by atoms with Gasteiger partial charge in [0, 0.05) is 21.5 Å². The van der Waals surface area contributed by atoms with E-state index in [9.17, 15) is 0 Å². The van der Waals surface area contributed by atoms with E-state index in [2.05, 4.69) is 53.9 Å². The minimum Gasteiger partial charge on any atom is -0.455 e. The first kappa shape index (κ1) is 27.6. The Morgan fingerprint density at radius 2 is 0.909 bits per heavy atom. The van der Waals surface area contributed by atoms with Gasteiger partial charge in [0.1, 0.15) is 0 Å². The lowest BCUT2D eigenvalue weighted by Crippen LogP contribution is -2.56. The maximum absolute atomic E-state index is 7.08. The molecule has 0 saturated carbocycles. The Hall–Kier alpha value is -1.65. The minimum absolute atomic E-state index is 0.0357. The van der Waals surface area contributed by atoms with Crippen LogP contribution in [0.25, 0.3) is 0 Å². The lowest BCUT2D eigenvalue weighted by Gasteiger charge is -2.49. The Labute approximate surface area is 203 Å². The van der Waals surface area contributed by atoms with E-state index in [-0.39, 0.29) is 10.1 Å². The van der Waals surface area contributed by atoms with Crippen molar-refractivity contribution in [3.8, 4) is 0 Å². The third-order valence-corrected chi connectivity index (χ3v) is 18.1. The van der Waals surface area contributed by atoms with Crippen molar-refractivity contribution in [2.45, 2.75) is 77.2 Å². The molecular formula is C26H44N2O3Si2. The van der Waals surface area contributed by atoms with Crippen LogP contribution in [-0.2, 0) is 26.8 Å². The summed E-state index contributed by atoms with van der Waals surface area (Å²) in [7, 11) is -4.17. The molecule has 0 heterocycles. The van der Waals surface area contributed by atoms with Crippen molar-refractivity contribution < 1.29 is 13.6 Å². The van der Waals surface area contributed by atoms with Crippen LogP contribution in [0.15, 0.2) is 48.5 Å². The van der Waals surface area contributed by atoms with Crippen molar-refractivity contribution in [1.29, 1.82) is 0 Å². The minimum atomic E-state index is -2.09. The highest BCUT2D eigenvalue weighted by Gasteiger charge is 2.50. The molecule has 2 aromatic carbocycles. The zero-order valence-corrected chi connectivity index (χ0v) is 23.8. The molecule has 0 atom stereocenters. The average Bonchev–Trinajstić information content (AvgIpc) is 2.70. The van der Waals surface area contributed by atoms with Crippen molar-refractivity contribution in [2.75, 3.05) is 24.7 Å². The monoisotopic (exact) mass is 488 g/mol. The van der Waals surface area contributed by atoms with E-state index in [1.165, 1.54) is 0 Å². The van der Waals surface area contributed by atoms with Crippen LogP contribution in [0.3, 0.4) is 0 Å². The standard InChI is InChI=1S/C26H44N2O3Si2/c1-25(2,19-29-17-21-9-13-23(27)14-10-21)32(5,6)31-33(7,8)26(3,4)20-30-18-22-11-15-24(28)16-12-22/h9-16H,17-20,27-28H2,1-8H3. The number of ether oxygens (including phenoxy) is 2. The van der Waals surface area contributed by atoms with Gasteiger partial charge in [-0.3, -0.25) is 0 Å². The van der Waals surface area contributed by atoms with Crippen LogP contribution in [0.4, 0.5) is 11.4 Å². The van der Waals surface area contributed by atoms with Gasteiger partial charge in [0.15, 0.2) is 16.6 Å². The summed E-state index contributed by atoms with van der Waals surface area (Å²) in [5.41, 5.74) is 15.4. The molecule has 33 heavy (non-hydrogen) atoms. The van der Waals surface area contributed by atoms with Crippen LogP contribution in [0.5, 0.6) is 0 Å². The van der Waals surface area contributed by atoms with Crippen molar-refractivity contribution in [1.82, 2.24) is 0 Å². The molecule has 0 aliphatic heterocycles. The molecule has 0 amide bonds. The largest absolute Gasteiger partial charge is 0.455 e. The third kappa shape index (κ3) is 7.68. The van der Waals surface area contributed by atoms with Crippen molar-refractivity contribution in [3.63, 3.8) is 0 Å². The Kier molecular flexibility index (Phi) is 8.98. The summed E-state index contributed by atoms with van der Waals surface area (Å²) >= 11 is 0. The second-order valence-corrected chi connectivity index (χ2v) is 20.9. The quantitative estimate of drug-likeness (QED) is 0.261. The molecule has 2 aromatic rings. The van der Waals surface area contributed by atoms with E-state index >= 15 is 0 Å². The van der Waals surface area contributed by atoms with Crippen LogP contribution in [0.2, 0.25) is 36.3 Å². The van der Waals surface area contributed by atoms with Gasteiger partial charge < -0.3 is 25.1 Å². The van der Waals surface area contributed by atoms with Gasteiger partial charge in [-0.05, 0) is 61.6 Å². The molecule has 0 fully saturated rings. The van der Waals surface area contributed by atoms with Crippen LogP contribution in [-0.4, -0.2) is 29.8 Å². The predicted octanol–water partition coefficient (Wildman–Crippen LogP) is 6.57. The number of nitrogen functional groups attached to an aromatic ring is 2. The van der Waals surface area contributed by atoms with Crippen molar-refractivity contribution >= 4 is 28.0 Å². The Morgan fingerprint density at radius 3 is 1.21 bits per heavy atom. The SMILES string of the molecule is CC(C)(COCc1ccc(N)cc1)[Si](C)(C)O[Si](C)(C)C(C)(C)COCc1ccc(N)cc1. The van der Waals surface area contributed by atoms with E-state index in [1.54, 1.807) is 0 Å². The summed E-state index contributed by atoms with van der Waals surface area (Å²) in [5.74, 6) is 0. The summed E-state index contributed by atoms with van der Waals surface area (Å²) in [4.78, 5) is 0. The summed E-state index contributed by atoms with van der Waals surface area (Å²) in [5, 5.41) is -0.0715. The summed E-state index contributed by atoms with van der Waals surface area (Å²) in [6.07, 6.45) is 0. The highest BCUT2D eigenvalue weighted by Crippen LogP contribution is 2.45. The molecular weight excluding hydrogens is 444 g/mol. The third-order valence-electron chi connectivity index (χ3n) is 7.19. The maximum Gasteiger partial charge on any atom is 0.181 e. The van der Waals surface area contributed by atoms with Gasteiger partial charge in [-0.25, -0.2) is 0 Å². The molecule has 7 heteroatoms. The summed E-state index contributed by atoms with van der Waals surface area (Å²) in [6.45, 7) is 20.9. The van der Waals surface area contributed by atoms with E-state index in [4.69, 9.17) is 25.1 Å². The highest BCUT2D eigenvalue weighted by atomic mass is 28.4. The molecule has 0 radical (unpaired) electrons. The van der Waals surface area contributed by atoms with Gasteiger partial charge in [-0.2, -0.15) is 0 Å². The Morgan fingerprint density at radius 1 is 0.606 bits per heavy atom. The molecule has 184 valence electrons. The van der Waals surface area contributed by atoms with Crippen LogP contribution >= 0.6 is 0 Å². The smallest absolute Gasteiger partial charge is 0.181 e. The fourth-order valence-corrected chi connectivity index (χ4v) is 11.6. The Bertz CT molecular complexity index is 806. The Balaban J connectivity index is 1.93. The predicted molar refractivity (Wildman–Crippen MR) is 145 cm³/mol. The van der Waals surface area contributed by atoms with Gasteiger partial charge in [0.05, 0.1) is 26.4 Å². The van der Waals surface area contributed by atoms with Gasteiger partial charge in [0.2, 0.25) is 0 Å². The highest BCUT2D eigenvalue weighted by molar-refractivity contribution is 6.87. The number of anilines is 2. The first-order valence-electron chi connectivity index (χ1n) is 11.7. The molecule has 5 nitrogen and oxygen atoms in total. The molecule has 0 spiro atoms. The molecule has 4 N–H and O–H groups in total. The molecule has 0 aliphatic carbocycles. The van der Waals surface area contributed by atoms with Crippen LogP contribution < -0.4 is 11.5 Å². The summed E-state index contributed by atoms with van der Waals surface area (Å²) < 4.78 is 19.3. The second kappa shape index (κ2) is 10.7. The second-order valence-electron chi connectivity index (χ2n) is 11.4.